The first-order chi connectivity index (χ1) is 15.3. The number of para-hydroxylation sites is 1. The fourth-order valence-electron chi connectivity index (χ4n) is 4.91. The molecule has 2 bridgehead atoms. The highest BCUT2D eigenvalue weighted by molar-refractivity contribution is 14.0. The molecule has 2 aliphatic heterocycles. The van der Waals surface area contributed by atoms with E-state index in [0.29, 0.717) is 18.7 Å². The fourth-order valence-corrected chi connectivity index (χ4v) is 4.91. The van der Waals surface area contributed by atoms with Crippen LogP contribution in [0.1, 0.15) is 71.3 Å². The minimum Gasteiger partial charge on any atom is -0.490 e. The molecule has 0 radical (unpaired) electrons. The smallest absolute Gasteiger partial charge is 0.410 e. The SMILES string of the molecule is CN=C(NCc1ccccc1OC1CCC1)NC1CC2CCC(C1)N2C(=O)OC(C)(C)C.I. The van der Waals surface area contributed by atoms with Crippen LogP contribution in [-0.2, 0) is 11.3 Å². The Morgan fingerprint density at radius 3 is 2.36 bits per heavy atom. The lowest BCUT2D eigenvalue weighted by atomic mass is 9.96. The number of benzene rings is 1. The number of aliphatic imine (C=N–C) groups is 1. The standard InChI is InChI=1S/C25H38N4O3.HI/c1-25(2,3)32-24(30)29-19-12-13-20(29)15-18(14-19)28-23(26-4)27-16-17-8-5-6-11-22(17)31-21-9-7-10-21;/h5-6,8,11,18-21H,7,9-10,12-16H2,1-4H3,(H2,26,27,28);1H. The first-order valence-electron chi connectivity index (χ1n) is 12.1. The Morgan fingerprint density at radius 2 is 1.79 bits per heavy atom. The van der Waals surface area contributed by atoms with Gasteiger partial charge >= 0.3 is 6.09 Å². The third-order valence-electron chi connectivity index (χ3n) is 6.67. The summed E-state index contributed by atoms with van der Waals surface area (Å²) in [5, 5.41) is 7.04. The van der Waals surface area contributed by atoms with Gasteiger partial charge < -0.3 is 25.0 Å². The molecule has 0 spiro atoms. The molecule has 2 N–H and O–H groups in total. The fraction of sp³-hybridized carbons (Fsp3) is 0.680. The number of nitrogens with one attached hydrogen (secondary N) is 2. The van der Waals surface area contributed by atoms with Crippen LogP contribution >= 0.6 is 24.0 Å². The van der Waals surface area contributed by atoms with E-state index in [1.54, 1.807) is 7.05 Å². The van der Waals surface area contributed by atoms with Crippen LogP contribution in [0.4, 0.5) is 4.79 Å². The van der Waals surface area contributed by atoms with Crippen molar-refractivity contribution in [3.8, 4) is 5.75 Å². The molecular weight excluding hydrogens is 531 g/mol. The molecule has 8 heteroatoms. The Bertz CT molecular complexity index is 823. The molecule has 2 unspecified atom stereocenters. The molecule has 4 rings (SSSR count). The number of carbonyl (C=O) groups is 1. The third-order valence-corrected chi connectivity index (χ3v) is 6.67. The quantitative estimate of drug-likeness (QED) is 0.302. The molecule has 1 saturated carbocycles. The molecule has 7 nitrogen and oxygen atoms in total. The second-order valence-electron chi connectivity index (χ2n) is 10.3. The zero-order chi connectivity index (χ0) is 22.7. The van der Waals surface area contributed by atoms with Crippen molar-refractivity contribution in [2.45, 2.75) is 102 Å². The van der Waals surface area contributed by atoms with Crippen LogP contribution in [0.5, 0.6) is 5.75 Å². The van der Waals surface area contributed by atoms with Gasteiger partial charge in [-0.2, -0.15) is 0 Å². The van der Waals surface area contributed by atoms with Gasteiger partial charge in [0.1, 0.15) is 11.4 Å². The lowest BCUT2D eigenvalue weighted by Crippen LogP contribution is -2.54. The van der Waals surface area contributed by atoms with E-state index < -0.39 is 5.60 Å². The van der Waals surface area contributed by atoms with Crippen molar-refractivity contribution in [3.63, 3.8) is 0 Å². The van der Waals surface area contributed by atoms with Crippen LogP contribution in [0, 0.1) is 0 Å². The van der Waals surface area contributed by atoms with Gasteiger partial charge in [0.2, 0.25) is 0 Å². The molecule has 3 aliphatic rings. The van der Waals surface area contributed by atoms with Gasteiger partial charge in [-0.25, -0.2) is 4.79 Å². The maximum absolute atomic E-state index is 12.7. The molecular formula is C25H39IN4O3. The number of carbonyl (C=O) groups excluding carboxylic acids is 1. The van der Waals surface area contributed by atoms with Crippen molar-refractivity contribution in [2.75, 3.05) is 7.05 Å². The van der Waals surface area contributed by atoms with Gasteiger partial charge in [0.25, 0.3) is 0 Å². The topological polar surface area (TPSA) is 75.2 Å². The van der Waals surface area contributed by atoms with E-state index in [1.165, 1.54) is 6.42 Å². The van der Waals surface area contributed by atoms with Crippen LogP contribution in [0.2, 0.25) is 0 Å². The van der Waals surface area contributed by atoms with E-state index in [4.69, 9.17) is 9.47 Å². The van der Waals surface area contributed by atoms with Crippen LogP contribution in [0.25, 0.3) is 0 Å². The summed E-state index contributed by atoms with van der Waals surface area (Å²) in [6.07, 6.45) is 7.66. The molecule has 1 aromatic rings. The summed E-state index contributed by atoms with van der Waals surface area (Å²) < 4.78 is 11.8. The van der Waals surface area contributed by atoms with Crippen molar-refractivity contribution in [3.05, 3.63) is 29.8 Å². The van der Waals surface area contributed by atoms with E-state index in [9.17, 15) is 4.79 Å². The number of rotatable bonds is 5. The highest BCUT2D eigenvalue weighted by Gasteiger charge is 2.45. The van der Waals surface area contributed by atoms with Crippen LogP contribution < -0.4 is 15.4 Å². The molecule has 1 aromatic carbocycles. The Balaban J connectivity index is 0.00000306. The van der Waals surface area contributed by atoms with Gasteiger partial charge in [-0.3, -0.25) is 4.99 Å². The summed E-state index contributed by atoms with van der Waals surface area (Å²) in [6, 6.07) is 8.98. The monoisotopic (exact) mass is 570 g/mol. The van der Waals surface area contributed by atoms with Crippen molar-refractivity contribution >= 4 is 36.0 Å². The average molecular weight is 571 g/mol. The Morgan fingerprint density at radius 1 is 1.12 bits per heavy atom. The number of hydrogen-bond acceptors (Lipinski definition) is 4. The third kappa shape index (κ3) is 6.67. The van der Waals surface area contributed by atoms with Gasteiger partial charge in [0, 0.05) is 37.3 Å². The number of hydrogen-bond donors (Lipinski definition) is 2. The maximum atomic E-state index is 12.7. The summed E-state index contributed by atoms with van der Waals surface area (Å²) in [4.78, 5) is 19.1. The molecule has 1 amide bonds. The van der Waals surface area contributed by atoms with Crippen molar-refractivity contribution in [2.24, 2.45) is 4.99 Å². The summed E-state index contributed by atoms with van der Waals surface area (Å²) in [5.41, 5.74) is 0.679. The number of nitrogens with zero attached hydrogens (tertiary/aromatic N) is 2. The first kappa shape index (κ1) is 25.9. The Hall–Kier alpha value is -1.71. The summed E-state index contributed by atoms with van der Waals surface area (Å²) in [5.74, 6) is 1.75. The van der Waals surface area contributed by atoms with Crippen molar-refractivity contribution in [1.82, 2.24) is 15.5 Å². The van der Waals surface area contributed by atoms with E-state index >= 15 is 0 Å². The molecule has 184 valence electrons. The zero-order valence-electron chi connectivity index (χ0n) is 20.3. The highest BCUT2D eigenvalue weighted by Crippen LogP contribution is 2.37. The van der Waals surface area contributed by atoms with Crippen LogP contribution in [0.3, 0.4) is 0 Å². The van der Waals surface area contributed by atoms with Crippen LogP contribution in [-0.4, -0.2) is 53.8 Å². The number of ether oxygens (including phenoxy) is 2. The number of amides is 1. The molecule has 2 saturated heterocycles. The molecule has 3 fully saturated rings. The normalized spacial score (nSPS) is 25.0. The number of guanidine groups is 1. The minimum absolute atomic E-state index is 0. The molecule has 2 heterocycles. The van der Waals surface area contributed by atoms with Crippen molar-refractivity contribution < 1.29 is 14.3 Å². The lowest BCUT2D eigenvalue weighted by molar-refractivity contribution is 0.00545. The van der Waals surface area contributed by atoms with E-state index in [-0.39, 0.29) is 42.2 Å². The number of halogens is 1. The molecule has 33 heavy (non-hydrogen) atoms. The average Bonchev–Trinajstić information content (AvgIpc) is 2.98. The number of fused-ring (bicyclic) bond motifs is 2. The maximum Gasteiger partial charge on any atom is 0.410 e. The summed E-state index contributed by atoms with van der Waals surface area (Å²) >= 11 is 0. The summed E-state index contributed by atoms with van der Waals surface area (Å²) in [7, 11) is 1.80. The van der Waals surface area contributed by atoms with E-state index in [1.807, 2.05) is 37.8 Å². The van der Waals surface area contributed by atoms with Gasteiger partial charge in [0.05, 0.1) is 6.10 Å². The second-order valence-corrected chi connectivity index (χ2v) is 10.3. The van der Waals surface area contributed by atoms with E-state index in [2.05, 4.69) is 27.8 Å². The van der Waals surface area contributed by atoms with Crippen LogP contribution in [0.15, 0.2) is 29.3 Å². The number of piperidine rings is 1. The van der Waals surface area contributed by atoms with Gasteiger partial charge in [-0.1, -0.05) is 18.2 Å². The first-order valence-corrected chi connectivity index (χ1v) is 12.1. The van der Waals surface area contributed by atoms with Gasteiger partial charge in [-0.15, -0.1) is 24.0 Å². The zero-order valence-corrected chi connectivity index (χ0v) is 22.6. The van der Waals surface area contributed by atoms with E-state index in [0.717, 1.165) is 55.8 Å². The minimum atomic E-state index is -0.462. The highest BCUT2D eigenvalue weighted by atomic mass is 127. The lowest BCUT2D eigenvalue weighted by Gasteiger charge is -2.40. The molecule has 1 aliphatic carbocycles. The molecule has 2 atom stereocenters. The van der Waals surface area contributed by atoms with Gasteiger partial charge in [0.15, 0.2) is 5.96 Å². The second kappa shape index (κ2) is 11.1. The van der Waals surface area contributed by atoms with Crippen molar-refractivity contribution in [1.29, 1.82) is 0 Å². The Kier molecular flexibility index (Phi) is 8.75. The van der Waals surface area contributed by atoms with Gasteiger partial charge in [-0.05, 0) is 71.8 Å². The predicted molar refractivity (Wildman–Crippen MR) is 141 cm³/mol. The summed E-state index contributed by atoms with van der Waals surface area (Å²) in [6.45, 7) is 6.43. The predicted octanol–water partition coefficient (Wildman–Crippen LogP) is 4.83. The largest absolute Gasteiger partial charge is 0.490 e. The Labute approximate surface area is 215 Å². The molecule has 0 aromatic heterocycles.